The summed E-state index contributed by atoms with van der Waals surface area (Å²) in [6, 6.07) is 5.09. The van der Waals surface area contributed by atoms with Crippen LogP contribution in [-0.4, -0.2) is 88.0 Å². The summed E-state index contributed by atoms with van der Waals surface area (Å²) in [5.41, 5.74) is 0.896. The highest BCUT2D eigenvalue weighted by molar-refractivity contribution is 7.99. The third-order valence-electron chi connectivity index (χ3n) is 9.26. The van der Waals surface area contributed by atoms with E-state index in [4.69, 9.17) is 16.3 Å². The van der Waals surface area contributed by atoms with Gasteiger partial charge < -0.3 is 14.5 Å². The Bertz CT molecular complexity index is 1720. The van der Waals surface area contributed by atoms with E-state index in [0.29, 0.717) is 70.2 Å². The van der Waals surface area contributed by atoms with Gasteiger partial charge in [0.05, 0.1) is 29.3 Å². The highest BCUT2D eigenvalue weighted by atomic mass is 35.5. The van der Waals surface area contributed by atoms with E-state index in [2.05, 4.69) is 21.4 Å². The van der Waals surface area contributed by atoms with Gasteiger partial charge in [-0.05, 0) is 44.5 Å². The van der Waals surface area contributed by atoms with E-state index < -0.39 is 11.6 Å². The number of carbonyl (C=O) groups excluding carboxylic acids is 1. The monoisotopic (exact) mass is 661 g/mol. The summed E-state index contributed by atoms with van der Waals surface area (Å²) in [7, 11) is 0. The Labute approximate surface area is 270 Å². The normalized spacial score (nSPS) is 26.2. The van der Waals surface area contributed by atoms with Gasteiger partial charge in [0.15, 0.2) is 0 Å². The molecule has 0 radical (unpaired) electrons. The summed E-state index contributed by atoms with van der Waals surface area (Å²) < 4.78 is 36.6. The lowest BCUT2D eigenvalue weighted by molar-refractivity contribution is -0.128. The average Bonchev–Trinajstić information content (AvgIpc) is 3.60. The number of aromatic nitrogens is 2. The topological polar surface area (TPSA) is 70.9 Å². The van der Waals surface area contributed by atoms with Crippen LogP contribution in [0.1, 0.15) is 26.3 Å². The fourth-order valence-corrected chi connectivity index (χ4v) is 8.86. The lowest BCUT2D eigenvalue weighted by atomic mass is 10.0. The first-order valence-electron chi connectivity index (χ1n) is 14.6. The van der Waals surface area contributed by atoms with Crippen LogP contribution in [-0.2, 0) is 9.53 Å². The molecule has 13 heteroatoms. The quantitative estimate of drug-likeness (QED) is 0.363. The van der Waals surface area contributed by atoms with Crippen LogP contribution in [0.25, 0.3) is 22.0 Å². The molecule has 0 saturated carbocycles. The van der Waals surface area contributed by atoms with Crippen LogP contribution in [0.15, 0.2) is 46.6 Å². The van der Waals surface area contributed by atoms with Crippen molar-refractivity contribution in [2.24, 2.45) is 0 Å². The number of morpholine rings is 1. The van der Waals surface area contributed by atoms with Gasteiger partial charge in [0.25, 0.3) is 0 Å². The molecule has 3 saturated heterocycles. The maximum atomic E-state index is 15.2. The molecule has 44 heavy (non-hydrogen) atoms. The molecule has 4 aliphatic rings. The standard InChI is InChI=1S/C31H32ClF2N5O3S.H2S/c1-4-26(40)37-10-17(3)38(11-16(37)2)30-23-9-24(32)27(22-6-5-18(33)7-25(22)34)29-28(23)39(31(41)35-30)20(15-43-29)12-36-13-21-8-19(36)14-42-21;/h4-7,9,16-17,19-21H,1,8,10-15H2,2-3H3;1H2/t16-,17+,19+,20+,21+;/m1./s1. The van der Waals surface area contributed by atoms with Crippen molar-refractivity contribution < 1.29 is 18.3 Å². The van der Waals surface area contributed by atoms with Gasteiger partial charge >= 0.3 is 5.69 Å². The number of hydrogen-bond acceptors (Lipinski definition) is 7. The predicted molar refractivity (Wildman–Crippen MR) is 174 cm³/mol. The first kappa shape index (κ1) is 31.3. The molecule has 3 aromatic rings. The molecule has 2 bridgehead atoms. The summed E-state index contributed by atoms with van der Waals surface area (Å²) in [4.78, 5) is 38.1. The van der Waals surface area contributed by atoms with E-state index in [1.165, 1.54) is 18.2 Å². The van der Waals surface area contributed by atoms with E-state index in [-0.39, 0.29) is 54.9 Å². The molecule has 1 amide bonds. The molecule has 4 aliphatic heterocycles. The lowest BCUT2D eigenvalue weighted by Gasteiger charge is -2.45. The van der Waals surface area contributed by atoms with Crippen molar-refractivity contribution in [2.75, 3.05) is 43.4 Å². The number of carbonyl (C=O) groups is 1. The van der Waals surface area contributed by atoms with Crippen molar-refractivity contribution in [3.63, 3.8) is 0 Å². The molecule has 2 aromatic carbocycles. The second-order valence-electron chi connectivity index (χ2n) is 12.0. The number of ether oxygens (including phenoxy) is 1. The van der Waals surface area contributed by atoms with Crippen LogP contribution in [0, 0.1) is 11.6 Å². The van der Waals surface area contributed by atoms with Gasteiger partial charge in [0, 0.05) is 77.5 Å². The van der Waals surface area contributed by atoms with Crippen LogP contribution >= 0.6 is 36.9 Å². The zero-order valence-corrected chi connectivity index (χ0v) is 27.0. The number of likely N-dealkylation sites (tertiary alicyclic amines) is 1. The van der Waals surface area contributed by atoms with Gasteiger partial charge in [-0.15, -0.1) is 11.8 Å². The van der Waals surface area contributed by atoms with Gasteiger partial charge in [-0.2, -0.15) is 18.5 Å². The molecule has 3 fully saturated rings. The molecular weight excluding hydrogens is 628 g/mol. The number of hydrogen-bond donors (Lipinski definition) is 0. The Hall–Kier alpha value is -2.64. The SMILES string of the molecule is C=CC(=O)N1C[C@H](C)N(c2nc(=O)n3c4c(c(-c5ccc(F)cc5F)c(Cl)cc24)SC[C@@H]3CN2C[C@@H]3C[C@H]2CO3)C[C@H]1C.S. The largest absolute Gasteiger partial charge is 0.375 e. The summed E-state index contributed by atoms with van der Waals surface area (Å²) in [5, 5.41) is 0.985. The van der Waals surface area contributed by atoms with E-state index in [0.717, 1.165) is 19.0 Å². The first-order valence-corrected chi connectivity index (χ1v) is 15.9. The van der Waals surface area contributed by atoms with Gasteiger partial charge in [-0.3, -0.25) is 14.3 Å². The van der Waals surface area contributed by atoms with Crippen LogP contribution in [0.3, 0.4) is 0 Å². The number of fused-ring (bicyclic) bond motifs is 2. The third kappa shape index (κ3) is 5.12. The Morgan fingerprint density at radius 2 is 2.00 bits per heavy atom. The number of rotatable bonds is 5. The molecular formula is C31H34ClF2N5O3S2. The zero-order chi connectivity index (χ0) is 30.2. The molecule has 0 aliphatic carbocycles. The summed E-state index contributed by atoms with van der Waals surface area (Å²) in [6.07, 6.45) is 2.54. The van der Waals surface area contributed by atoms with Crippen molar-refractivity contribution >= 4 is 59.5 Å². The fraction of sp³-hybridized carbons (Fsp3) is 0.452. The number of benzene rings is 2. The van der Waals surface area contributed by atoms with Crippen LogP contribution in [0.4, 0.5) is 14.6 Å². The molecule has 0 unspecified atom stereocenters. The van der Waals surface area contributed by atoms with Crippen molar-refractivity contribution in [3.05, 3.63) is 64.1 Å². The number of nitrogens with zero attached hydrogens (tertiary/aromatic N) is 5. The number of thioether (sulfide) groups is 1. The van der Waals surface area contributed by atoms with Crippen LogP contribution in [0.5, 0.6) is 0 Å². The Kier molecular flexibility index (Phi) is 8.51. The van der Waals surface area contributed by atoms with Crippen LogP contribution < -0.4 is 10.6 Å². The zero-order valence-electron chi connectivity index (χ0n) is 24.4. The molecule has 0 spiro atoms. The number of anilines is 1. The number of amides is 1. The smallest absolute Gasteiger partial charge is 0.350 e. The Balaban J connectivity index is 0.00000343. The van der Waals surface area contributed by atoms with E-state index in [1.807, 2.05) is 13.8 Å². The maximum absolute atomic E-state index is 15.2. The second kappa shape index (κ2) is 11.9. The van der Waals surface area contributed by atoms with Crippen LogP contribution in [0.2, 0.25) is 5.02 Å². The summed E-state index contributed by atoms with van der Waals surface area (Å²) in [5.74, 6) is -0.474. The van der Waals surface area contributed by atoms with Gasteiger partial charge in [-0.1, -0.05) is 18.2 Å². The summed E-state index contributed by atoms with van der Waals surface area (Å²) >= 11 is 8.47. The van der Waals surface area contributed by atoms with Crippen molar-refractivity contribution in [3.8, 4) is 11.1 Å². The molecule has 7 rings (SSSR count). The maximum Gasteiger partial charge on any atom is 0.350 e. The molecule has 8 nitrogen and oxygen atoms in total. The van der Waals surface area contributed by atoms with Gasteiger partial charge in [0.2, 0.25) is 5.91 Å². The van der Waals surface area contributed by atoms with Crippen molar-refractivity contribution in [1.82, 2.24) is 19.4 Å². The molecule has 5 heterocycles. The minimum Gasteiger partial charge on any atom is -0.375 e. The highest BCUT2D eigenvalue weighted by Gasteiger charge is 2.41. The van der Waals surface area contributed by atoms with Crippen molar-refractivity contribution in [2.45, 2.75) is 55.4 Å². The number of halogens is 3. The average molecular weight is 662 g/mol. The van der Waals surface area contributed by atoms with E-state index in [1.54, 1.807) is 27.3 Å². The van der Waals surface area contributed by atoms with E-state index >= 15 is 4.39 Å². The lowest BCUT2D eigenvalue weighted by Crippen LogP contribution is -2.58. The Morgan fingerprint density at radius 3 is 2.68 bits per heavy atom. The molecule has 234 valence electrons. The molecule has 1 aromatic heterocycles. The van der Waals surface area contributed by atoms with Gasteiger partial charge in [-0.25, -0.2) is 13.6 Å². The van der Waals surface area contributed by atoms with Crippen molar-refractivity contribution in [1.29, 1.82) is 0 Å². The van der Waals surface area contributed by atoms with Gasteiger partial charge in [0.1, 0.15) is 17.5 Å². The third-order valence-corrected chi connectivity index (χ3v) is 10.8. The minimum atomic E-state index is -0.720. The predicted octanol–water partition coefficient (Wildman–Crippen LogP) is 4.84. The fourth-order valence-electron chi connectivity index (χ4n) is 7.18. The molecule has 0 N–H and O–H groups in total. The second-order valence-corrected chi connectivity index (χ2v) is 13.4. The van der Waals surface area contributed by atoms with E-state index in [9.17, 15) is 14.0 Å². The molecule has 5 atom stereocenters. The Morgan fingerprint density at radius 1 is 1.20 bits per heavy atom. The minimum absolute atomic E-state index is 0. The highest BCUT2D eigenvalue weighted by Crippen LogP contribution is 2.48. The summed E-state index contributed by atoms with van der Waals surface area (Å²) in [6.45, 7) is 10.7. The number of piperazine rings is 1. The first-order chi connectivity index (χ1) is 20.6.